The van der Waals surface area contributed by atoms with Crippen LogP contribution < -0.4 is 10.9 Å². The van der Waals surface area contributed by atoms with Crippen molar-refractivity contribution < 1.29 is 0 Å². The molecule has 2 saturated carbocycles. The fourth-order valence-electron chi connectivity index (χ4n) is 2.91. The van der Waals surface area contributed by atoms with Crippen LogP contribution in [0.25, 0.3) is 0 Å². The molecule has 2 N–H and O–H groups in total. The van der Waals surface area contributed by atoms with Crippen LogP contribution in [0.3, 0.4) is 0 Å². The quantitative estimate of drug-likeness (QED) is 0.699. The van der Waals surface area contributed by atoms with Crippen molar-refractivity contribution in [1.82, 2.24) is 10.9 Å². The van der Waals surface area contributed by atoms with Gasteiger partial charge in [-0.15, -0.1) is 0 Å². The first kappa shape index (κ1) is 11.4. The van der Waals surface area contributed by atoms with E-state index in [2.05, 4.69) is 10.9 Å². The Labute approximate surface area is 94.2 Å². The summed E-state index contributed by atoms with van der Waals surface area (Å²) < 4.78 is 0. The zero-order valence-corrected chi connectivity index (χ0v) is 9.93. The van der Waals surface area contributed by atoms with Gasteiger partial charge < -0.3 is 0 Å². The first-order valence-electron chi connectivity index (χ1n) is 6.96. The number of nitrogens with one attached hydrogen (secondary N) is 2. The number of rotatable bonds is 3. The predicted molar refractivity (Wildman–Crippen MR) is 64.6 cm³/mol. The second-order valence-corrected chi connectivity index (χ2v) is 5.31. The van der Waals surface area contributed by atoms with E-state index in [0.29, 0.717) is 0 Å². The van der Waals surface area contributed by atoms with Crippen molar-refractivity contribution >= 4 is 0 Å². The molecule has 0 atom stereocenters. The summed E-state index contributed by atoms with van der Waals surface area (Å²) in [7, 11) is 0. The van der Waals surface area contributed by atoms with Crippen molar-refractivity contribution in [3.8, 4) is 0 Å². The largest absolute Gasteiger partial charge is 0.255 e. The van der Waals surface area contributed by atoms with Gasteiger partial charge in [0.1, 0.15) is 0 Å². The summed E-state index contributed by atoms with van der Waals surface area (Å²) in [6.07, 6.45) is 15.5. The molecule has 2 aliphatic carbocycles. The molecule has 88 valence electrons. The molecular weight excluding hydrogens is 184 g/mol. The molecule has 2 heteroatoms. The molecule has 0 spiro atoms. The van der Waals surface area contributed by atoms with E-state index >= 15 is 0 Å². The molecule has 0 unspecified atom stereocenters. The Hall–Kier alpha value is -0.0800. The van der Waals surface area contributed by atoms with Crippen LogP contribution in [-0.4, -0.2) is 12.1 Å². The molecule has 0 amide bonds. The van der Waals surface area contributed by atoms with Gasteiger partial charge in [0.15, 0.2) is 0 Å². The highest BCUT2D eigenvalue weighted by atomic mass is 15.4. The summed E-state index contributed by atoms with van der Waals surface area (Å²) in [6.45, 7) is 0. The van der Waals surface area contributed by atoms with Crippen LogP contribution in [0.4, 0.5) is 0 Å². The fraction of sp³-hybridized carbons (Fsp3) is 1.00. The Morgan fingerprint density at radius 3 is 1.27 bits per heavy atom. The first-order valence-corrected chi connectivity index (χ1v) is 6.96. The van der Waals surface area contributed by atoms with E-state index in [1.165, 1.54) is 70.6 Å². The minimum Gasteiger partial charge on any atom is -0.255 e. The van der Waals surface area contributed by atoms with E-state index in [1.807, 2.05) is 0 Å². The summed E-state index contributed by atoms with van der Waals surface area (Å²) in [4.78, 5) is 0. The van der Waals surface area contributed by atoms with Gasteiger partial charge in [0.25, 0.3) is 0 Å². The van der Waals surface area contributed by atoms with Gasteiger partial charge >= 0.3 is 0 Å². The maximum atomic E-state index is 3.58. The van der Waals surface area contributed by atoms with Crippen molar-refractivity contribution in [2.75, 3.05) is 0 Å². The summed E-state index contributed by atoms with van der Waals surface area (Å²) in [5.41, 5.74) is 7.13. The van der Waals surface area contributed by atoms with E-state index in [9.17, 15) is 0 Å². The van der Waals surface area contributed by atoms with Gasteiger partial charge in [-0.3, -0.25) is 10.9 Å². The molecule has 0 aliphatic heterocycles. The lowest BCUT2D eigenvalue weighted by molar-refractivity contribution is 0.320. The van der Waals surface area contributed by atoms with E-state index in [1.54, 1.807) is 0 Å². The molecule has 2 aliphatic rings. The lowest BCUT2D eigenvalue weighted by Gasteiger charge is -2.23. The zero-order chi connectivity index (χ0) is 10.3. The minimum atomic E-state index is 0.742. The van der Waals surface area contributed by atoms with Crippen molar-refractivity contribution in [2.45, 2.75) is 82.7 Å². The van der Waals surface area contributed by atoms with Gasteiger partial charge in [-0.05, 0) is 25.7 Å². The molecule has 0 aromatic heterocycles. The third-order valence-corrected chi connectivity index (χ3v) is 3.95. The monoisotopic (exact) mass is 210 g/mol. The second kappa shape index (κ2) is 6.49. The molecule has 0 heterocycles. The Kier molecular flexibility index (Phi) is 4.94. The van der Waals surface area contributed by atoms with Crippen molar-refractivity contribution in [3.05, 3.63) is 0 Å². The Bertz CT molecular complexity index is 156. The van der Waals surface area contributed by atoms with Crippen LogP contribution in [0.5, 0.6) is 0 Å². The normalized spacial score (nSPS) is 26.4. The highest BCUT2D eigenvalue weighted by Crippen LogP contribution is 2.19. The molecule has 2 rings (SSSR count). The van der Waals surface area contributed by atoms with Crippen molar-refractivity contribution in [2.24, 2.45) is 0 Å². The van der Waals surface area contributed by atoms with Crippen molar-refractivity contribution in [3.63, 3.8) is 0 Å². The lowest BCUT2D eigenvalue weighted by Crippen LogP contribution is -2.45. The van der Waals surface area contributed by atoms with Gasteiger partial charge in [-0.1, -0.05) is 44.9 Å². The first-order chi connectivity index (χ1) is 7.45. The molecule has 0 bridgehead atoms. The smallest absolute Gasteiger partial charge is 0.0213 e. The van der Waals surface area contributed by atoms with E-state index in [4.69, 9.17) is 0 Å². The summed E-state index contributed by atoms with van der Waals surface area (Å²) in [6, 6.07) is 1.50. The topological polar surface area (TPSA) is 24.1 Å². The highest BCUT2D eigenvalue weighted by molar-refractivity contribution is 4.74. The SMILES string of the molecule is C1CCCC(NNC2CCCC2)CCC1. The van der Waals surface area contributed by atoms with E-state index in [0.717, 1.165) is 12.1 Å². The molecule has 15 heavy (non-hydrogen) atoms. The summed E-state index contributed by atoms with van der Waals surface area (Å²) >= 11 is 0. The van der Waals surface area contributed by atoms with Crippen molar-refractivity contribution in [1.29, 1.82) is 0 Å². The minimum absolute atomic E-state index is 0.742. The average Bonchev–Trinajstić information content (AvgIpc) is 2.68. The zero-order valence-electron chi connectivity index (χ0n) is 9.93. The van der Waals surface area contributed by atoms with Gasteiger partial charge in [0, 0.05) is 12.1 Å². The molecule has 2 fully saturated rings. The van der Waals surface area contributed by atoms with E-state index < -0.39 is 0 Å². The maximum absolute atomic E-state index is 3.58. The van der Waals surface area contributed by atoms with Crippen LogP contribution in [0.15, 0.2) is 0 Å². The maximum Gasteiger partial charge on any atom is 0.0213 e. The summed E-state index contributed by atoms with van der Waals surface area (Å²) in [5, 5.41) is 0. The number of hydrazine groups is 1. The third-order valence-electron chi connectivity index (χ3n) is 3.95. The molecule has 2 nitrogen and oxygen atoms in total. The predicted octanol–water partition coefficient (Wildman–Crippen LogP) is 3.14. The molecular formula is C13H26N2. The highest BCUT2D eigenvalue weighted by Gasteiger charge is 2.16. The van der Waals surface area contributed by atoms with Crippen LogP contribution >= 0.6 is 0 Å². The van der Waals surface area contributed by atoms with Crippen LogP contribution in [0.1, 0.15) is 70.6 Å². The van der Waals surface area contributed by atoms with Crippen LogP contribution in [-0.2, 0) is 0 Å². The molecule has 0 radical (unpaired) electrons. The molecule has 0 saturated heterocycles. The Morgan fingerprint density at radius 2 is 0.800 bits per heavy atom. The fourth-order valence-corrected chi connectivity index (χ4v) is 2.91. The number of hydrogen-bond donors (Lipinski definition) is 2. The Balaban J connectivity index is 1.62. The average molecular weight is 210 g/mol. The standard InChI is InChI=1S/C13H26N2/c1-2-4-8-12(9-5-3-1)14-15-13-10-6-7-11-13/h12-15H,1-11H2. The van der Waals surface area contributed by atoms with Crippen LogP contribution in [0.2, 0.25) is 0 Å². The molecule has 0 aromatic rings. The molecule has 0 aromatic carbocycles. The lowest BCUT2D eigenvalue weighted by atomic mass is 9.97. The van der Waals surface area contributed by atoms with E-state index in [-0.39, 0.29) is 0 Å². The summed E-state index contributed by atoms with van der Waals surface area (Å²) in [5.74, 6) is 0. The van der Waals surface area contributed by atoms with Gasteiger partial charge in [-0.2, -0.15) is 0 Å². The second-order valence-electron chi connectivity index (χ2n) is 5.31. The number of hydrogen-bond acceptors (Lipinski definition) is 2. The van der Waals surface area contributed by atoms with Gasteiger partial charge in [0.05, 0.1) is 0 Å². The Morgan fingerprint density at radius 1 is 0.467 bits per heavy atom. The van der Waals surface area contributed by atoms with Gasteiger partial charge in [-0.25, -0.2) is 0 Å². The van der Waals surface area contributed by atoms with Crippen LogP contribution in [0, 0.1) is 0 Å². The van der Waals surface area contributed by atoms with Gasteiger partial charge in [0.2, 0.25) is 0 Å². The third kappa shape index (κ3) is 4.12.